The zero-order chi connectivity index (χ0) is 12.4. The summed E-state index contributed by atoms with van der Waals surface area (Å²) in [5.41, 5.74) is 0.956. The van der Waals surface area contributed by atoms with Crippen molar-refractivity contribution in [2.75, 3.05) is 13.1 Å². The van der Waals surface area contributed by atoms with Crippen LogP contribution in [0, 0.1) is 0 Å². The number of aliphatic hydroxyl groups excluding tert-OH is 1. The van der Waals surface area contributed by atoms with Crippen LogP contribution in [0.4, 0.5) is 0 Å². The van der Waals surface area contributed by atoms with Crippen LogP contribution in [0.5, 0.6) is 0 Å². The van der Waals surface area contributed by atoms with Gasteiger partial charge in [-0.05, 0) is 29.0 Å². The van der Waals surface area contributed by atoms with Crippen LogP contribution in [-0.4, -0.2) is 49.4 Å². The first-order chi connectivity index (χ1) is 8.83. The van der Waals surface area contributed by atoms with Gasteiger partial charge in [0.1, 0.15) is 0 Å². The molecule has 0 radical (unpaired) electrons. The van der Waals surface area contributed by atoms with Crippen molar-refractivity contribution in [2.24, 2.45) is 0 Å². The van der Waals surface area contributed by atoms with E-state index in [0.717, 1.165) is 24.5 Å². The van der Waals surface area contributed by atoms with Gasteiger partial charge in [-0.25, -0.2) is 0 Å². The van der Waals surface area contributed by atoms with Crippen LogP contribution < -0.4 is 0 Å². The molecule has 0 saturated carbocycles. The molecule has 1 saturated heterocycles. The number of aromatic nitrogens is 4. The van der Waals surface area contributed by atoms with Crippen molar-refractivity contribution < 1.29 is 5.11 Å². The van der Waals surface area contributed by atoms with Gasteiger partial charge in [0.25, 0.3) is 0 Å². The normalized spacial score (nSPS) is 20.4. The Morgan fingerprint density at radius 3 is 2.83 bits per heavy atom. The lowest BCUT2D eigenvalue weighted by molar-refractivity contribution is 0.173. The Labute approximate surface area is 105 Å². The maximum atomic E-state index is 9.51. The first kappa shape index (κ1) is 11.3. The Morgan fingerprint density at radius 1 is 1.28 bits per heavy atom. The number of benzene rings is 1. The number of hydrogen-bond donors (Lipinski definition) is 1. The van der Waals surface area contributed by atoms with Crippen molar-refractivity contribution in [3.63, 3.8) is 0 Å². The molecule has 0 aliphatic carbocycles. The Bertz CT molecular complexity index is 512. The smallest absolute Gasteiger partial charge is 0.170 e. The van der Waals surface area contributed by atoms with Gasteiger partial charge in [0.2, 0.25) is 0 Å². The summed E-state index contributed by atoms with van der Waals surface area (Å²) in [6.07, 6.45) is 0.610. The Morgan fingerprint density at radius 2 is 2.11 bits per heavy atom. The van der Waals surface area contributed by atoms with Crippen LogP contribution in [-0.2, 0) is 6.54 Å². The average molecular weight is 245 g/mol. The second-order valence-electron chi connectivity index (χ2n) is 4.52. The lowest BCUT2D eigenvalue weighted by Crippen LogP contribution is -2.23. The van der Waals surface area contributed by atoms with E-state index in [2.05, 4.69) is 20.4 Å². The fourth-order valence-corrected chi connectivity index (χ4v) is 2.23. The van der Waals surface area contributed by atoms with Gasteiger partial charge >= 0.3 is 0 Å². The predicted octanol–water partition coefficient (Wildman–Crippen LogP) is 0.229. The van der Waals surface area contributed by atoms with Crippen LogP contribution in [0.3, 0.4) is 0 Å². The third-order valence-electron chi connectivity index (χ3n) is 3.15. The highest BCUT2D eigenvalue weighted by Gasteiger charge is 2.22. The highest BCUT2D eigenvalue weighted by atomic mass is 16.3. The summed E-state index contributed by atoms with van der Waals surface area (Å²) < 4.78 is 1.74. The first-order valence-electron chi connectivity index (χ1n) is 6.06. The first-order valence-corrected chi connectivity index (χ1v) is 6.06. The van der Waals surface area contributed by atoms with Crippen molar-refractivity contribution in [1.82, 2.24) is 25.1 Å². The highest BCUT2D eigenvalue weighted by Crippen LogP contribution is 2.13. The SMILES string of the molecule is O[C@H]1CCN(Cc2nnnn2-c2ccccc2)C1. The molecule has 3 rings (SSSR count). The maximum absolute atomic E-state index is 9.51. The van der Waals surface area contributed by atoms with E-state index in [9.17, 15) is 5.11 Å². The summed E-state index contributed by atoms with van der Waals surface area (Å²) in [6.45, 7) is 2.25. The van der Waals surface area contributed by atoms with Crippen molar-refractivity contribution in [1.29, 1.82) is 0 Å². The molecule has 1 aliphatic rings. The topological polar surface area (TPSA) is 67.1 Å². The van der Waals surface area contributed by atoms with Crippen LogP contribution in [0.1, 0.15) is 12.2 Å². The van der Waals surface area contributed by atoms with E-state index in [4.69, 9.17) is 0 Å². The third-order valence-corrected chi connectivity index (χ3v) is 3.15. The van der Waals surface area contributed by atoms with E-state index in [-0.39, 0.29) is 6.10 Å². The quantitative estimate of drug-likeness (QED) is 0.838. The molecular formula is C12H15N5O. The van der Waals surface area contributed by atoms with E-state index in [0.29, 0.717) is 13.1 Å². The van der Waals surface area contributed by atoms with Crippen LogP contribution in [0.2, 0.25) is 0 Å². The lowest BCUT2D eigenvalue weighted by Gasteiger charge is -2.13. The zero-order valence-electron chi connectivity index (χ0n) is 9.98. The predicted molar refractivity (Wildman–Crippen MR) is 65.1 cm³/mol. The molecule has 2 aromatic rings. The third kappa shape index (κ3) is 2.25. The molecule has 6 heteroatoms. The van der Waals surface area contributed by atoms with Gasteiger partial charge in [-0.3, -0.25) is 4.90 Å². The molecule has 1 aliphatic heterocycles. The number of β-amino-alcohol motifs (C(OH)–C–C–N with tert-alkyl or cyclic N) is 1. The maximum Gasteiger partial charge on any atom is 0.170 e. The molecule has 0 bridgehead atoms. The number of tetrazole rings is 1. The average Bonchev–Trinajstić information content (AvgIpc) is 3.00. The monoisotopic (exact) mass is 245 g/mol. The van der Waals surface area contributed by atoms with Crippen molar-refractivity contribution in [3.05, 3.63) is 36.2 Å². The molecule has 1 N–H and O–H groups in total. The van der Waals surface area contributed by atoms with Crippen LogP contribution in [0.25, 0.3) is 5.69 Å². The lowest BCUT2D eigenvalue weighted by atomic mass is 10.3. The minimum atomic E-state index is -0.217. The van der Waals surface area contributed by atoms with Gasteiger partial charge in [-0.1, -0.05) is 18.2 Å². The minimum Gasteiger partial charge on any atom is -0.392 e. The standard InChI is InChI=1S/C12H15N5O/c18-11-6-7-16(8-11)9-12-13-14-15-17(12)10-4-2-1-3-5-10/h1-5,11,18H,6-9H2/t11-/m0/s1. The zero-order valence-corrected chi connectivity index (χ0v) is 9.98. The second-order valence-corrected chi connectivity index (χ2v) is 4.52. The van der Waals surface area contributed by atoms with E-state index in [1.54, 1.807) is 4.68 Å². The van der Waals surface area contributed by atoms with E-state index in [1.165, 1.54) is 0 Å². The molecule has 6 nitrogen and oxygen atoms in total. The molecule has 0 spiro atoms. The Balaban J connectivity index is 1.80. The van der Waals surface area contributed by atoms with Gasteiger partial charge in [0.05, 0.1) is 18.3 Å². The number of para-hydroxylation sites is 1. The molecule has 94 valence electrons. The molecule has 18 heavy (non-hydrogen) atoms. The number of likely N-dealkylation sites (tertiary alicyclic amines) is 1. The molecule has 1 fully saturated rings. The van der Waals surface area contributed by atoms with Crippen molar-refractivity contribution in [3.8, 4) is 5.69 Å². The summed E-state index contributed by atoms with van der Waals surface area (Å²) in [5, 5.41) is 21.3. The highest BCUT2D eigenvalue weighted by molar-refractivity contribution is 5.30. The van der Waals surface area contributed by atoms with Gasteiger partial charge < -0.3 is 5.11 Å². The summed E-state index contributed by atoms with van der Waals surface area (Å²) in [6, 6.07) is 9.82. The second kappa shape index (κ2) is 4.83. The number of hydrogen-bond acceptors (Lipinski definition) is 5. The van der Waals surface area contributed by atoms with E-state index in [1.807, 2.05) is 30.3 Å². The summed E-state index contributed by atoms with van der Waals surface area (Å²) in [4.78, 5) is 2.16. The fraction of sp³-hybridized carbons (Fsp3) is 0.417. The van der Waals surface area contributed by atoms with Crippen LogP contribution >= 0.6 is 0 Å². The number of nitrogens with zero attached hydrogens (tertiary/aromatic N) is 5. The van der Waals surface area contributed by atoms with Gasteiger partial charge in [-0.2, -0.15) is 4.68 Å². The Kier molecular flexibility index (Phi) is 3.04. The molecule has 1 aromatic heterocycles. The number of rotatable bonds is 3. The van der Waals surface area contributed by atoms with Crippen molar-refractivity contribution in [2.45, 2.75) is 19.1 Å². The minimum absolute atomic E-state index is 0.217. The van der Waals surface area contributed by atoms with E-state index < -0.39 is 0 Å². The Hall–Kier alpha value is -1.79. The van der Waals surface area contributed by atoms with Gasteiger partial charge in [0, 0.05) is 13.1 Å². The summed E-state index contributed by atoms with van der Waals surface area (Å²) in [7, 11) is 0. The summed E-state index contributed by atoms with van der Waals surface area (Å²) >= 11 is 0. The molecule has 1 aromatic carbocycles. The summed E-state index contributed by atoms with van der Waals surface area (Å²) in [5.74, 6) is 0.801. The molecule has 1 atom stereocenters. The molecular weight excluding hydrogens is 230 g/mol. The van der Waals surface area contributed by atoms with Gasteiger partial charge in [-0.15, -0.1) is 5.10 Å². The van der Waals surface area contributed by atoms with Crippen LogP contribution in [0.15, 0.2) is 30.3 Å². The fourth-order valence-electron chi connectivity index (χ4n) is 2.23. The van der Waals surface area contributed by atoms with E-state index >= 15 is 0 Å². The number of aliphatic hydroxyl groups is 1. The van der Waals surface area contributed by atoms with Crippen molar-refractivity contribution >= 4 is 0 Å². The molecule has 0 unspecified atom stereocenters. The molecule has 0 amide bonds. The largest absolute Gasteiger partial charge is 0.392 e. The van der Waals surface area contributed by atoms with Gasteiger partial charge in [0.15, 0.2) is 5.82 Å². The molecule has 2 heterocycles.